The number of rotatable bonds is 6. The molecule has 0 unspecified atom stereocenters. The molecule has 0 radical (unpaired) electrons. The number of aliphatic carboxylic acids is 1. The van der Waals surface area contributed by atoms with Crippen LogP contribution in [0.4, 0.5) is 4.79 Å². The van der Waals surface area contributed by atoms with Crippen LogP contribution in [-0.2, 0) is 19.1 Å². The van der Waals surface area contributed by atoms with Crippen LogP contribution in [0.15, 0.2) is 0 Å². The molecule has 0 saturated carbocycles. The summed E-state index contributed by atoms with van der Waals surface area (Å²) in [6.07, 6.45) is 3.80. The second-order valence-corrected chi connectivity index (χ2v) is 10.1. The van der Waals surface area contributed by atoms with Gasteiger partial charge in [0.05, 0.1) is 5.92 Å². The molecule has 3 amide bonds. The van der Waals surface area contributed by atoms with Crippen molar-refractivity contribution in [1.29, 1.82) is 0 Å². The molecule has 2 atom stereocenters. The summed E-state index contributed by atoms with van der Waals surface area (Å²) in [5.74, 6) is -1.84. The molecule has 182 valence electrons. The highest BCUT2D eigenvalue weighted by atomic mass is 16.6. The maximum Gasteiger partial charge on any atom is 0.410 e. The molecular formula is C22H38N4O6. The van der Waals surface area contributed by atoms with Gasteiger partial charge in [-0.05, 0) is 65.7 Å². The highest BCUT2D eigenvalue weighted by Gasteiger charge is 2.35. The van der Waals surface area contributed by atoms with E-state index in [0.29, 0.717) is 44.8 Å². The smallest absolute Gasteiger partial charge is 0.410 e. The Morgan fingerprint density at radius 2 is 1.66 bits per heavy atom. The average Bonchev–Trinajstić information content (AvgIpc) is 2.70. The van der Waals surface area contributed by atoms with Gasteiger partial charge in [0.2, 0.25) is 11.8 Å². The van der Waals surface area contributed by atoms with E-state index in [2.05, 4.69) is 5.32 Å². The van der Waals surface area contributed by atoms with E-state index in [1.54, 1.807) is 9.80 Å². The Labute approximate surface area is 189 Å². The zero-order valence-electron chi connectivity index (χ0n) is 19.7. The van der Waals surface area contributed by atoms with Crippen LogP contribution in [0.3, 0.4) is 0 Å². The van der Waals surface area contributed by atoms with Crippen LogP contribution in [0.2, 0.25) is 0 Å². The van der Waals surface area contributed by atoms with Gasteiger partial charge in [0.15, 0.2) is 5.66 Å². The van der Waals surface area contributed by atoms with Gasteiger partial charge in [-0.1, -0.05) is 0 Å². The number of carbonyl (C=O) groups is 4. The monoisotopic (exact) mass is 454 g/mol. The second-order valence-electron chi connectivity index (χ2n) is 10.1. The van der Waals surface area contributed by atoms with Crippen molar-refractivity contribution in [2.45, 2.75) is 77.5 Å². The molecule has 0 aromatic rings. The molecule has 0 aliphatic carbocycles. The van der Waals surface area contributed by atoms with Crippen LogP contribution < -0.4 is 11.1 Å². The number of ether oxygens (including phenoxy) is 1. The van der Waals surface area contributed by atoms with E-state index in [9.17, 15) is 19.2 Å². The summed E-state index contributed by atoms with van der Waals surface area (Å²) in [7, 11) is 0. The zero-order valence-corrected chi connectivity index (χ0v) is 19.7. The van der Waals surface area contributed by atoms with Gasteiger partial charge in [-0.15, -0.1) is 0 Å². The maximum atomic E-state index is 12.7. The quantitative estimate of drug-likeness (QED) is 0.517. The lowest BCUT2D eigenvalue weighted by Crippen LogP contribution is -2.61. The number of nitrogens with one attached hydrogen (secondary N) is 1. The number of carboxylic acid groups (broad SMARTS) is 1. The van der Waals surface area contributed by atoms with Crippen molar-refractivity contribution in [2.24, 2.45) is 17.6 Å². The van der Waals surface area contributed by atoms with Crippen molar-refractivity contribution < 1.29 is 29.0 Å². The number of carbonyl (C=O) groups excluding carboxylic acids is 3. The average molecular weight is 455 g/mol. The Balaban J connectivity index is 1.76. The molecule has 2 saturated heterocycles. The Kier molecular flexibility index (Phi) is 8.50. The SMILES string of the molecule is CC(C)(C)OC(=O)N1CCC(CCC(=O)N2CCC[C@@H](C(=O)N[C@](C)(N)C(=O)O)C2)CC1. The standard InChI is InChI=1S/C22H38N4O6/c1-21(2,3)32-20(31)25-12-9-15(10-13-25)7-8-17(27)26-11-5-6-16(14-26)18(28)24-22(4,23)19(29)30/h15-16H,5-14,23H2,1-4H3,(H,24,28)(H,29,30)/t16-,22+/m1/s1. The van der Waals surface area contributed by atoms with Crippen molar-refractivity contribution in [3.05, 3.63) is 0 Å². The molecular weight excluding hydrogens is 416 g/mol. The number of hydrogen-bond acceptors (Lipinski definition) is 6. The first-order valence-corrected chi connectivity index (χ1v) is 11.4. The van der Waals surface area contributed by atoms with Crippen LogP contribution >= 0.6 is 0 Å². The first kappa shape index (κ1) is 25.9. The van der Waals surface area contributed by atoms with Crippen LogP contribution in [0.5, 0.6) is 0 Å². The van der Waals surface area contributed by atoms with Crippen molar-refractivity contribution in [3.8, 4) is 0 Å². The molecule has 2 rings (SSSR count). The molecule has 32 heavy (non-hydrogen) atoms. The fourth-order valence-electron chi connectivity index (χ4n) is 4.05. The van der Waals surface area contributed by atoms with Gasteiger partial charge in [-0.2, -0.15) is 0 Å². The lowest BCUT2D eigenvalue weighted by molar-refractivity contribution is -0.148. The topological polar surface area (TPSA) is 142 Å². The van der Waals surface area contributed by atoms with Crippen molar-refractivity contribution in [2.75, 3.05) is 26.2 Å². The number of carboxylic acids is 1. The molecule has 0 spiro atoms. The normalized spacial score (nSPS) is 22.1. The first-order valence-electron chi connectivity index (χ1n) is 11.4. The van der Waals surface area contributed by atoms with E-state index in [1.165, 1.54) is 6.92 Å². The zero-order chi connectivity index (χ0) is 24.1. The minimum Gasteiger partial charge on any atom is -0.479 e. The van der Waals surface area contributed by atoms with Crippen LogP contribution in [0.1, 0.15) is 66.2 Å². The lowest BCUT2D eigenvalue weighted by atomic mass is 9.91. The Morgan fingerprint density at radius 3 is 2.22 bits per heavy atom. The molecule has 10 heteroatoms. The summed E-state index contributed by atoms with van der Waals surface area (Å²) < 4.78 is 5.42. The van der Waals surface area contributed by atoms with Gasteiger partial charge in [0.25, 0.3) is 0 Å². The predicted octanol–water partition coefficient (Wildman–Crippen LogP) is 1.53. The van der Waals surface area contributed by atoms with Gasteiger partial charge < -0.3 is 25.0 Å². The molecule has 2 fully saturated rings. The molecule has 2 aliphatic heterocycles. The van der Waals surface area contributed by atoms with Gasteiger partial charge in [0, 0.05) is 32.6 Å². The highest BCUT2D eigenvalue weighted by Crippen LogP contribution is 2.25. The lowest BCUT2D eigenvalue weighted by Gasteiger charge is -2.35. The third kappa shape index (κ3) is 7.65. The number of hydrogen-bond donors (Lipinski definition) is 3. The second kappa shape index (κ2) is 10.5. The molecule has 10 nitrogen and oxygen atoms in total. The molecule has 2 heterocycles. The van der Waals surface area contributed by atoms with E-state index in [1.807, 2.05) is 20.8 Å². The summed E-state index contributed by atoms with van der Waals surface area (Å²) in [6.45, 7) is 8.89. The number of amides is 3. The summed E-state index contributed by atoms with van der Waals surface area (Å²) in [5, 5.41) is 11.4. The molecule has 0 aromatic heterocycles. The van der Waals surface area contributed by atoms with Gasteiger partial charge in [0.1, 0.15) is 5.60 Å². The Morgan fingerprint density at radius 1 is 1.03 bits per heavy atom. The number of nitrogens with two attached hydrogens (primary N) is 1. The van der Waals surface area contributed by atoms with Crippen molar-refractivity contribution in [3.63, 3.8) is 0 Å². The Hall–Kier alpha value is -2.36. The molecule has 0 bridgehead atoms. The predicted molar refractivity (Wildman–Crippen MR) is 117 cm³/mol. The van der Waals surface area contributed by atoms with E-state index < -0.39 is 29.1 Å². The first-order chi connectivity index (χ1) is 14.8. The number of likely N-dealkylation sites (tertiary alicyclic amines) is 2. The van der Waals surface area contributed by atoms with Crippen LogP contribution in [0, 0.1) is 11.8 Å². The highest BCUT2D eigenvalue weighted by molar-refractivity contribution is 5.87. The summed E-state index contributed by atoms with van der Waals surface area (Å²) in [5.41, 5.74) is 3.26. The van der Waals surface area contributed by atoms with Crippen molar-refractivity contribution >= 4 is 23.9 Å². The van der Waals surface area contributed by atoms with Crippen molar-refractivity contribution in [1.82, 2.24) is 15.1 Å². The maximum absolute atomic E-state index is 12.7. The minimum absolute atomic E-state index is 0.00539. The van der Waals surface area contributed by atoms with Crippen LogP contribution in [-0.4, -0.2) is 76.2 Å². The molecule has 4 N–H and O–H groups in total. The van der Waals surface area contributed by atoms with E-state index in [0.717, 1.165) is 19.3 Å². The largest absolute Gasteiger partial charge is 0.479 e. The third-order valence-corrected chi connectivity index (χ3v) is 6.00. The van der Waals surface area contributed by atoms with Gasteiger partial charge >= 0.3 is 12.1 Å². The summed E-state index contributed by atoms with van der Waals surface area (Å²) >= 11 is 0. The number of piperidine rings is 2. The fourth-order valence-corrected chi connectivity index (χ4v) is 4.05. The van der Waals surface area contributed by atoms with Gasteiger partial charge in [-0.25, -0.2) is 9.59 Å². The Bertz CT molecular complexity index is 710. The number of nitrogens with zero attached hydrogens (tertiary/aromatic N) is 2. The van der Waals surface area contributed by atoms with Crippen LogP contribution in [0.25, 0.3) is 0 Å². The molecule has 0 aromatic carbocycles. The summed E-state index contributed by atoms with van der Waals surface area (Å²) in [6, 6.07) is 0. The fraction of sp³-hybridized carbons (Fsp3) is 0.818. The van der Waals surface area contributed by atoms with E-state index in [-0.39, 0.29) is 18.5 Å². The minimum atomic E-state index is -1.84. The van der Waals surface area contributed by atoms with E-state index in [4.69, 9.17) is 15.6 Å². The summed E-state index contributed by atoms with van der Waals surface area (Å²) in [4.78, 5) is 51.9. The molecule has 2 aliphatic rings. The van der Waals surface area contributed by atoms with Gasteiger partial charge in [-0.3, -0.25) is 15.3 Å². The van der Waals surface area contributed by atoms with E-state index >= 15 is 0 Å². The third-order valence-electron chi connectivity index (χ3n) is 6.00.